The van der Waals surface area contributed by atoms with Gasteiger partial charge >= 0.3 is 5.97 Å². The predicted octanol–water partition coefficient (Wildman–Crippen LogP) is 2.73. The Balaban J connectivity index is 1.82. The highest BCUT2D eigenvalue weighted by atomic mass is 16.5. The van der Waals surface area contributed by atoms with Crippen molar-refractivity contribution in [3.05, 3.63) is 65.7 Å². The van der Waals surface area contributed by atoms with Crippen LogP contribution in [0.15, 0.2) is 54.6 Å². The van der Waals surface area contributed by atoms with Crippen molar-refractivity contribution in [3.8, 4) is 5.75 Å². The van der Waals surface area contributed by atoms with E-state index in [1.807, 2.05) is 30.3 Å². The van der Waals surface area contributed by atoms with Gasteiger partial charge in [-0.05, 0) is 36.8 Å². The van der Waals surface area contributed by atoms with Gasteiger partial charge in [0.2, 0.25) is 0 Å². The van der Waals surface area contributed by atoms with Crippen molar-refractivity contribution in [1.82, 2.24) is 5.32 Å². The Morgan fingerprint density at radius 1 is 1.04 bits per heavy atom. The molecule has 0 aromatic heterocycles. The first-order valence-corrected chi connectivity index (χ1v) is 7.27. The zero-order valence-corrected chi connectivity index (χ0v) is 13.1. The quantitative estimate of drug-likeness (QED) is 0.833. The molecule has 0 bridgehead atoms. The van der Waals surface area contributed by atoms with E-state index in [4.69, 9.17) is 9.47 Å². The molecule has 1 N–H and O–H groups in total. The van der Waals surface area contributed by atoms with E-state index in [1.165, 1.54) is 0 Å². The van der Waals surface area contributed by atoms with E-state index in [0.29, 0.717) is 11.3 Å². The van der Waals surface area contributed by atoms with E-state index in [-0.39, 0.29) is 18.6 Å². The number of nitrogens with one attached hydrogen (secondary N) is 1. The number of esters is 1. The molecule has 0 aliphatic carbocycles. The van der Waals surface area contributed by atoms with E-state index >= 15 is 0 Å². The zero-order valence-electron chi connectivity index (χ0n) is 13.1. The van der Waals surface area contributed by atoms with Crippen LogP contribution in [-0.2, 0) is 9.53 Å². The molecular formula is C18H19NO4. The molecule has 0 heterocycles. The number of carbonyl (C=O) groups excluding carboxylic acids is 2. The molecule has 1 amide bonds. The molecule has 0 spiro atoms. The van der Waals surface area contributed by atoms with Gasteiger partial charge < -0.3 is 14.8 Å². The van der Waals surface area contributed by atoms with Gasteiger partial charge in [-0.2, -0.15) is 0 Å². The van der Waals surface area contributed by atoms with Crippen molar-refractivity contribution in [1.29, 1.82) is 0 Å². The Hall–Kier alpha value is -2.82. The Kier molecular flexibility index (Phi) is 5.74. The minimum Gasteiger partial charge on any atom is -0.497 e. The van der Waals surface area contributed by atoms with Crippen molar-refractivity contribution >= 4 is 11.9 Å². The van der Waals surface area contributed by atoms with Crippen molar-refractivity contribution in [2.24, 2.45) is 0 Å². The fourth-order valence-corrected chi connectivity index (χ4v) is 2.03. The maximum Gasteiger partial charge on any atom is 0.326 e. The summed E-state index contributed by atoms with van der Waals surface area (Å²) in [5.74, 6) is -0.155. The van der Waals surface area contributed by atoms with Gasteiger partial charge in [0.15, 0.2) is 0 Å². The third-order valence-electron chi connectivity index (χ3n) is 3.32. The van der Waals surface area contributed by atoms with Gasteiger partial charge in [0.1, 0.15) is 18.4 Å². The van der Waals surface area contributed by atoms with E-state index in [1.54, 1.807) is 38.3 Å². The maximum atomic E-state index is 11.9. The Bertz CT molecular complexity index is 652. The van der Waals surface area contributed by atoms with E-state index < -0.39 is 5.97 Å². The molecular weight excluding hydrogens is 294 g/mol. The molecule has 0 saturated carbocycles. The first-order chi connectivity index (χ1) is 11.1. The first kappa shape index (κ1) is 16.5. The van der Waals surface area contributed by atoms with Crippen LogP contribution in [0.4, 0.5) is 0 Å². The largest absolute Gasteiger partial charge is 0.497 e. The monoisotopic (exact) mass is 313 g/mol. The number of ether oxygens (including phenoxy) is 2. The average molecular weight is 313 g/mol. The van der Waals surface area contributed by atoms with Gasteiger partial charge in [-0.3, -0.25) is 9.59 Å². The molecule has 120 valence electrons. The summed E-state index contributed by atoms with van der Waals surface area (Å²) >= 11 is 0. The lowest BCUT2D eigenvalue weighted by Gasteiger charge is -2.14. The van der Waals surface area contributed by atoms with Crippen LogP contribution in [0.1, 0.15) is 28.9 Å². The minimum absolute atomic E-state index is 0.179. The molecule has 1 atom stereocenters. The normalized spacial score (nSPS) is 11.4. The van der Waals surface area contributed by atoms with E-state index in [9.17, 15) is 9.59 Å². The highest BCUT2D eigenvalue weighted by Gasteiger charge is 2.13. The fourth-order valence-electron chi connectivity index (χ4n) is 2.03. The standard InChI is InChI=1S/C18H19NO4/c1-13(14-6-4-3-5-7-14)23-17(20)12-19-18(21)15-8-10-16(22-2)11-9-15/h3-11,13H,12H2,1-2H3,(H,19,21)/t13-/m0/s1. The summed E-state index contributed by atoms with van der Waals surface area (Å²) in [4.78, 5) is 23.8. The summed E-state index contributed by atoms with van der Waals surface area (Å²) in [5, 5.41) is 2.54. The lowest BCUT2D eigenvalue weighted by Crippen LogP contribution is -2.31. The summed E-state index contributed by atoms with van der Waals surface area (Å²) in [6, 6.07) is 16.1. The lowest BCUT2D eigenvalue weighted by molar-refractivity contribution is -0.147. The summed E-state index contributed by atoms with van der Waals surface area (Å²) < 4.78 is 10.3. The van der Waals surface area contributed by atoms with E-state index in [0.717, 1.165) is 5.56 Å². The van der Waals surface area contributed by atoms with E-state index in [2.05, 4.69) is 5.32 Å². The molecule has 0 radical (unpaired) electrons. The van der Waals surface area contributed by atoms with Crippen LogP contribution in [0.5, 0.6) is 5.75 Å². The molecule has 5 heteroatoms. The highest BCUT2D eigenvalue weighted by Crippen LogP contribution is 2.15. The number of benzene rings is 2. The minimum atomic E-state index is -0.483. The van der Waals surface area contributed by atoms with Crippen LogP contribution in [0.25, 0.3) is 0 Å². The topological polar surface area (TPSA) is 64.6 Å². The van der Waals surface area contributed by atoms with Crippen LogP contribution in [0, 0.1) is 0 Å². The second-order valence-electron chi connectivity index (χ2n) is 4.95. The van der Waals surface area contributed by atoms with Crippen LogP contribution in [0.3, 0.4) is 0 Å². The number of rotatable bonds is 6. The molecule has 5 nitrogen and oxygen atoms in total. The van der Waals surface area contributed by atoms with Gasteiger partial charge in [-0.1, -0.05) is 30.3 Å². The Morgan fingerprint density at radius 2 is 1.70 bits per heavy atom. The summed E-state index contributed by atoms with van der Waals surface area (Å²) in [6.45, 7) is 1.61. The molecule has 23 heavy (non-hydrogen) atoms. The SMILES string of the molecule is COc1ccc(C(=O)NCC(=O)O[C@@H](C)c2ccccc2)cc1. The van der Waals surface area contributed by atoms with Crippen molar-refractivity contribution in [2.75, 3.05) is 13.7 Å². The van der Waals surface area contributed by atoms with Crippen LogP contribution in [-0.4, -0.2) is 25.5 Å². The smallest absolute Gasteiger partial charge is 0.326 e. The van der Waals surface area contributed by atoms with Crippen LogP contribution < -0.4 is 10.1 Å². The Labute approximate surface area is 135 Å². The molecule has 2 rings (SSSR count). The molecule has 2 aromatic carbocycles. The maximum absolute atomic E-state index is 11.9. The summed E-state index contributed by atoms with van der Waals surface area (Å²) in [7, 11) is 1.55. The van der Waals surface area contributed by atoms with Gasteiger partial charge in [0.25, 0.3) is 5.91 Å². The zero-order chi connectivity index (χ0) is 16.7. The average Bonchev–Trinajstić information content (AvgIpc) is 2.60. The second kappa shape index (κ2) is 7.98. The number of methoxy groups -OCH3 is 1. The summed E-state index contributed by atoms with van der Waals surface area (Å²) in [6.07, 6.45) is -0.360. The highest BCUT2D eigenvalue weighted by molar-refractivity contribution is 5.96. The number of hydrogen-bond acceptors (Lipinski definition) is 4. The van der Waals surface area contributed by atoms with Gasteiger partial charge in [0.05, 0.1) is 7.11 Å². The molecule has 0 aliphatic rings. The van der Waals surface area contributed by atoms with Gasteiger partial charge in [0, 0.05) is 5.56 Å². The molecule has 0 saturated heterocycles. The van der Waals surface area contributed by atoms with Crippen molar-refractivity contribution < 1.29 is 19.1 Å². The van der Waals surface area contributed by atoms with Crippen LogP contribution in [0.2, 0.25) is 0 Å². The van der Waals surface area contributed by atoms with Crippen molar-refractivity contribution in [2.45, 2.75) is 13.0 Å². The molecule has 2 aromatic rings. The van der Waals surface area contributed by atoms with Crippen LogP contribution >= 0.6 is 0 Å². The van der Waals surface area contributed by atoms with Crippen molar-refractivity contribution in [3.63, 3.8) is 0 Å². The molecule has 0 fully saturated rings. The van der Waals surface area contributed by atoms with Gasteiger partial charge in [-0.15, -0.1) is 0 Å². The molecule has 0 aliphatic heterocycles. The third-order valence-corrected chi connectivity index (χ3v) is 3.32. The predicted molar refractivity (Wildman–Crippen MR) is 86.3 cm³/mol. The Morgan fingerprint density at radius 3 is 2.30 bits per heavy atom. The fraction of sp³-hybridized carbons (Fsp3) is 0.222. The summed E-state index contributed by atoms with van der Waals surface area (Å²) in [5.41, 5.74) is 1.36. The number of carbonyl (C=O) groups is 2. The van der Waals surface area contributed by atoms with Gasteiger partial charge in [-0.25, -0.2) is 0 Å². The number of amides is 1. The molecule has 0 unspecified atom stereocenters. The third kappa shape index (κ3) is 4.85. The lowest BCUT2D eigenvalue weighted by atomic mass is 10.1. The second-order valence-corrected chi connectivity index (χ2v) is 4.95. The number of hydrogen-bond donors (Lipinski definition) is 1. The first-order valence-electron chi connectivity index (χ1n) is 7.27.